The van der Waals surface area contributed by atoms with E-state index in [0.29, 0.717) is 49.5 Å². The van der Waals surface area contributed by atoms with E-state index in [1.165, 1.54) is 0 Å². The van der Waals surface area contributed by atoms with Crippen molar-refractivity contribution in [2.45, 2.75) is 38.8 Å². The largest absolute Gasteiger partial charge is 0.485 e. The number of ether oxygens (including phenoxy) is 2. The molecule has 3 aromatic rings. The van der Waals surface area contributed by atoms with Gasteiger partial charge < -0.3 is 35.0 Å². The van der Waals surface area contributed by atoms with E-state index >= 15 is 0 Å². The van der Waals surface area contributed by atoms with Crippen molar-refractivity contribution in [1.29, 1.82) is 0 Å². The first kappa shape index (κ1) is 30.3. The molecule has 3 atom stereocenters. The number of aliphatic hydroxyl groups is 1. The molecule has 0 aromatic heterocycles. The highest BCUT2D eigenvalue weighted by atomic mass is 16.5. The Balaban J connectivity index is 1.42. The van der Waals surface area contributed by atoms with E-state index in [0.717, 1.165) is 10.8 Å². The van der Waals surface area contributed by atoms with E-state index in [-0.39, 0.29) is 48.6 Å². The van der Waals surface area contributed by atoms with Crippen LogP contribution >= 0.6 is 0 Å². The molecule has 0 unspecified atom stereocenters. The maximum atomic E-state index is 13.8. The average molecular weight is 589 g/mol. The predicted molar refractivity (Wildman–Crippen MR) is 165 cm³/mol. The molecule has 1 saturated heterocycles. The number of urea groups is 1. The number of anilines is 2. The number of carbonyl (C=O) groups excluding carboxylic acids is 3. The molecule has 0 radical (unpaired) electrons. The van der Waals surface area contributed by atoms with Crippen molar-refractivity contribution in [3.05, 3.63) is 66.2 Å². The number of rotatable bonds is 7. The summed E-state index contributed by atoms with van der Waals surface area (Å²) >= 11 is 0. The lowest BCUT2D eigenvalue weighted by atomic mass is 9.98. The molecule has 0 saturated carbocycles. The molecular weight excluding hydrogens is 548 g/mol. The Bertz CT molecular complexity index is 1470. The molecule has 3 N–H and O–H groups in total. The summed E-state index contributed by atoms with van der Waals surface area (Å²) < 4.78 is 12.0. The van der Waals surface area contributed by atoms with E-state index in [1.807, 2.05) is 49.4 Å². The smallest absolute Gasteiger partial charge is 0.321 e. The molecule has 0 aliphatic carbocycles. The zero-order valence-corrected chi connectivity index (χ0v) is 24.9. The third-order valence-electron chi connectivity index (χ3n) is 8.37. The number of amides is 4. The zero-order valence-electron chi connectivity index (χ0n) is 24.9. The number of hydrogen-bond acceptors (Lipinski definition) is 6. The van der Waals surface area contributed by atoms with Gasteiger partial charge >= 0.3 is 6.03 Å². The summed E-state index contributed by atoms with van der Waals surface area (Å²) in [6.07, 6.45) is 0.724. The van der Waals surface area contributed by atoms with Crippen LogP contribution in [0.4, 0.5) is 16.2 Å². The molecule has 228 valence electrons. The van der Waals surface area contributed by atoms with Crippen LogP contribution in [0.3, 0.4) is 0 Å². The Labute approximate surface area is 251 Å². The second-order valence-electron chi connectivity index (χ2n) is 11.5. The van der Waals surface area contributed by atoms with Gasteiger partial charge in [-0.05, 0) is 43.4 Å². The molecule has 3 aromatic carbocycles. The second kappa shape index (κ2) is 13.4. The average Bonchev–Trinajstić information content (AvgIpc) is 3.03. The van der Waals surface area contributed by atoms with Crippen molar-refractivity contribution in [2.24, 2.45) is 11.8 Å². The molecule has 2 heterocycles. The van der Waals surface area contributed by atoms with Gasteiger partial charge in [-0.3, -0.25) is 9.59 Å². The van der Waals surface area contributed by atoms with Crippen molar-refractivity contribution in [1.82, 2.24) is 9.80 Å². The van der Waals surface area contributed by atoms with Crippen molar-refractivity contribution in [3.8, 4) is 5.75 Å². The molecule has 43 heavy (non-hydrogen) atoms. The van der Waals surface area contributed by atoms with Crippen LogP contribution in [-0.2, 0) is 9.53 Å². The molecule has 1 fully saturated rings. The van der Waals surface area contributed by atoms with Gasteiger partial charge in [0, 0.05) is 44.0 Å². The third kappa shape index (κ3) is 6.76. The maximum Gasteiger partial charge on any atom is 0.321 e. The summed E-state index contributed by atoms with van der Waals surface area (Å²) in [5, 5.41) is 17.9. The lowest BCUT2D eigenvalue weighted by Gasteiger charge is -2.38. The van der Waals surface area contributed by atoms with Gasteiger partial charge in [0.25, 0.3) is 5.91 Å². The van der Waals surface area contributed by atoms with Gasteiger partial charge in [-0.1, -0.05) is 49.4 Å². The summed E-state index contributed by atoms with van der Waals surface area (Å²) in [5.41, 5.74) is 1.41. The SMILES string of the molecule is C[C@@H]1CN([C@H](C)CO)C(=O)c2cccc(NC(=O)C3CCOCC3)c2O[C@@H]1CN(C)C(=O)Nc1cccc2ccccc12. The molecule has 10 nitrogen and oxygen atoms in total. The molecule has 10 heteroatoms. The Morgan fingerprint density at radius 1 is 1.02 bits per heavy atom. The number of para-hydroxylation sites is 1. The number of likely N-dealkylation sites (N-methyl/N-ethyl adjacent to an activating group) is 1. The van der Waals surface area contributed by atoms with Crippen LogP contribution in [0.5, 0.6) is 5.75 Å². The van der Waals surface area contributed by atoms with E-state index in [4.69, 9.17) is 9.47 Å². The minimum Gasteiger partial charge on any atom is -0.485 e. The highest BCUT2D eigenvalue weighted by Gasteiger charge is 2.35. The lowest BCUT2D eigenvalue weighted by Crippen LogP contribution is -2.50. The number of aliphatic hydroxyl groups excluding tert-OH is 1. The highest BCUT2D eigenvalue weighted by molar-refractivity contribution is 6.03. The minimum absolute atomic E-state index is 0.147. The second-order valence-corrected chi connectivity index (χ2v) is 11.5. The third-order valence-corrected chi connectivity index (χ3v) is 8.37. The van der Waals surface area contributed by atoms with Crippen LogP contribution in [0.1, 0.15) is 37.0 Å². The fourth-order valence-electron chi connectivity index (χ4n) is 5.65. The summed E-state index contributed by atoms with van der Waals surface area (Å²) in [6.45, 7) is 5.15. The van der Waals surface area contributed by atoms with E-state index in [9.17, 15) is 19.5 Å². The van der Waals surface area contributed by atoms with Gasteiger partial charge in [0.2, 0.25) is 5.91 Å². The standard InChI is InChI=1S/C33H40N4O6/c1-21-18-37(22(2)20-38)32(40)26-11-7-13-28(34-31(39)24-14-16-42-17-15-24)30(26)43-29(21)19-36(3)33(41)35-27-12-6-9-23-8-4-5-10-25(23)27/h4-13,21-22,24,29,38H,14-20H2,1-3H3,(H,34,39)(H,35,41)/t21-,22-,29-/m1/s1. The Morgan fingerprint density at radius 3 is 2.49 bits per heavy atom. The van der Waals surface area contributed by atoms with Crippen molar-refractivity contribution in [3.63, 3.8) is 0 Å². The topological polar surface area (TPSA) is 120 Å². The summed E-state index contributed by atoms with van der Waals surface area (Å²) in [5.74, 6) is -0.573. The van der Waals surface area contributed by atoms with Crippen LogP contribution < -0.4 is 15.4 Å². The maximum absolute atomic E-state index is 13.8. The fraction of sp³-hybridized carbons (Fsp3) is 0.424. The van der Waals surface area contributed by atoms with E-state index < -0.39 is 12.1 Å². The molecule has 0 bridgehead atoms. The van der Waals surface area contributed by atoms with Gasteiger partial charge in [-0.15, -0.1) is 0 Å². The Morgan fingerprint density at radius 2 is 1.72 bits per heavy atom. The van der Waals surface area contributed by atoms with Gasteiger partial charge in [0.05, 0.1) is 36.1 Å². The molecule has 2 aliphatic heterocycles. The quantitative estimate of drug-likeness (QED) is 0.372. The predicted octanol–water partition coefficient (Wildman–Crippen LogP) is 4.59. The summed E-state index contributed by atoms with van der Waals surface area (Å²) in [4.78, 5) is 43.5. The number of benzene rings is 3. The van der Waals surface area contributed by atoms with Crippen LogP contribution in [0.25, 0.3) is 10.8 Å². The number of nitrogens with one attached hydrogen (secondary N) is 2. The van der Waals surface area contributed by atoms with Crippen LogP contribution in [0, 0.1) is 11.8 Å². The molecule has 2 aliphatic rings. The fourth-order valence-corrected chi connectivity index (χ4v) is 5.65. The number of nitrogens with zero attached hydrogens (tertiary/aromatic N) is 2. The summed E-state index contributed by atoms with van der Waals surface area (Å²) in [6, 6.07) is 18.0. The number of fused-ring (bicyclic) bond motifs is 2. The van der Waals surface area contributed by atoms with Gasteiger partial charge in [0.1, 0.15) is 6.10 Å². The van der Waals surface area contributed by atoms with Gasteiger partial charge in [-0.2, -0.15) is 0 Å². The summed E-state index contributed by atoms with van der Waals surface area (Å²) in [7, 11) is 1.70. The first-order chi connectivity index (χ1) is 20.8. The van der Waals surface area contributed by atoms with E-state index in [1.54, 1.807) is 42.0 Å². The Hall–Kier alpha value is -4.15. The van der Waals surface area contributed by atoms with Crippen LogP contribution in [-0.4, -0.2) is 84.9 Å². The number of hydrogen-bond donors (Lipinski definition) is 3. The van der Waals surface area contributed by atoms with Gasteiger partial charge in [0.15, 0.2) is 5.75 Å². The Kier molecular flexibility index (Phi) is 9.47. The van der Waals surface area contributed by atoms with Crippen molar-refractivity contribution in [2.75, 3.05) is 50.6 Å². The number of carbonyl (C=O) groups is 3. The highest BCUT2D eigenvalue weighted by Crippen LogP contribution is 2.35. The molecular formula is C33H40N4O6. The van der Waals surface area contributed by atoms with Crippen LogP contribution in [0.2, 0.25) is 0 Å². The molecule has 5 rings (SSSR count). The zero-order chi connectivity index (χ0) is 30.5. The van der Waals surface area contributed by atoms with Crippen LogP contribution in [0.15, 0.2) is 60.7 Å². The van der Waals surface area contributed by atoms with E-state index in [2.05, 4.69) is 10.6 Å². The van der Waals surface area contributed by atoms with Crippen molar-refractivity contribution >= 4 is 40.0 Å². The minimum atomic E-state index is -0.523. The lowest BCUT2D eigenvalue weighted by molar-refractivity contribution is -0.122. The first-order valence-corrected chi connectivity index (χ1v) is 14.9. The molecule has 0 spiro atoms. The normalized spacial score (nSPS) is 19.9. The monoisotopic (exact) mass is 588 g/mol. The van der Waals surface area contributed by atoms with Gasteiger partial charge in [-0.25, -0.2) is 4.79 Å². The first-order valence-electron chi connectivity index (χ1n) is 14.9. The van der Waals surface area contributed by atoms with Crippen molar-refractivity contribution < 1.29 is 29.0 Å². The molecule has 4 amide bonds.